The van der Waals surface area contributed by atoms with Gasteiger partial charge in [-0.1, -0.05) is 5.16 Å². The van der Waals surface area contributed by atoms with Crippen LogP contribution in [-0.4, -0.2) is 42.5 Å². The fourth-order valence-corrected chi connectivity index (χ4v) is 4.41. The zero-order valence-corrected chi connectivity index (χ0v) is 13.5. The highest BCUT2D eigenvalue weighted by Crippen LogP contribution is 2.19. The molecule has 7 nitrogen and oxygen atoms in total. The molecule has 0 saturated carbocycles. The van der Waals surface area contributed by atoms with Gasteiger partial charge in [0.05, 0.1) is 11.5 Å². The molecule has 2 heterocycles. The number of hydrogen-bond acceptors (Lipinski definition) is 6. The number of benzene rings is 1. The van der Waals surface area contributed by atoms with Crippen LogP contribution < -0.4 is 5.32 Å². The highest BCUT2D eigenvalue weighted by Gasteiger charge is 2.27. The van der Waals surface area contributed by atoms with Crippen molar-refractivity contribution in [2.75, 3.05) is 18.1 Å². The number of aryl methyl sites for hydroxylation is 1. The lowest BCUT2D eigenvalue weighted by Gasteiger charge is -2.09. The zero-order valence-electron chi connectivity index (χ0n) is 12.7. The monoisotopic (exact) mass is 335 g/mol. The van der Waals surface area contributed by atoms with Crippen molar-refractivity contribution in [1.29, 1.82) is 0 Å². The molecule has 1 fully saturated rings. The molecular weight excluding hydrogens is 318 g/mol. The molecule has 3 rings (SSSR count). The zero-order chi connectivity index (χ0) is 16.4. The number of hydrogen-bond donors (Lipinski definition) is 1. The molecule has 1 atom stereocenters. The van der Waals surface area contributed by atoms with Crippen LogP contribution in [0.2, 0.25) is 0 Å². The predicted molar refractivity (Wildman–Crippen MR) is 83.6 cm³/mol. The molecule has 1 N–H and O–H groups in total. The summed E-state index contributed by atoms with van der Waals surface area (Å²) >= 11 is 0. The summed E-state index contributed by atoms with van der Waals surface area (Å²) in [6.45, 7) is 2.11. The van der Waals surface area contributed by atoms with Crippen LogP contribution >= 0.6 is 0 Å². The molecule has 1 aromatic carbocycles. The first-order chi connectivity index (χ1) is 10.9. The van der Waals surface area contributed by atoms with Crippen molar-refractivity contribution in [3.05, 3.63) is 35.7 Å². The number of carbonyl (C=O) groups excluding carboxylic acids is 1. The number of nitrogens with one attached hydrogen (secondary N) is 1. The van der Waals surface area contributed by atoms with Crippen molar-refractivity contribution in [1.82, 2.24) is 15.5 Å². The highest BCUT2D eigenvalue weighted by atomic mass is 32.2. The van der Waals surface area contributed by atoms with Crippen LogP contribution in [0, 0.1) is 12.8 Å². The van der Waals surface area contributed by atoms with Crippen LogP contribution in [0.4, 0.5) is 0 Å². The molecule has 122 valence electrons. The van der Waals surface area contributed by atoms with Crippen LogP contribution in [-0.2, 0) is 9.84 Å². The fraction of sp³-hybridized carbons (Fsp3) is 0.400. The smallest absolute Gasteiger partial charge is 0.257 e. The summed E-state index contributed by atoms with van der Waals surface area (Å²) in [5, 5.41) is 6.51. The fourth-order valence-electron chi connectivity index (χ4n) is 2.55. The molecule has 23 heavy (non-hydrogen) atoms. The molecule has 1 saturated heterocycles. The Hall–Kier alpha value is -2.22. The van der Waals surface area contributed by atoms with Crippen molar-refractivity contribution < 1.29 is 17.7 Å². The molecule has 8 heteroatoms. The Morgan fingerprint density at radius 1 is 1.35 bits per heavy atom. The molecule has 0 spiro atoms. The van der Waals surface area contributed by atoms with E-state index in [2.05, 4.69) is 15.5 Å². The molecule has 1 aromatic heterocycles. The van der Waals surface area contributed by atoms with E-state index in [-0.39, 0.29) is 23.3 Å². The lowest BCUT2D eigenvalue weighted by atomic mass is 10.1. The summed E-state index contributed by atoms with van der Waals surface area (Å²) in [7, 11) is -2.92. The number of aromatic nitrogens is 2. The minimum atomic E-state index is -2.92. The molecule has 1 aliphatic heterocycles. The minimum Gasteiger partial charge on any atom is -0.352 e. The number of amides is 1. The van der Waals surface area contributed by atoms with Gasteiger partial charge in [0.2, 0.25) is 0 Å². The largest absolute Gasteiger partial charge is 0.352 e. The first-order valence-electron chi connectivity index (χ1n) is 7.32. The van der Waals surface area contributed by atoms with Gasteiger partial charge in [-0.3, -0.25) is 4.79 Å². The van der Waals surface area contributed by atoms with Crippen LogP contribution in [0.1, 0.15) is 22.6 Å². The number of sulfone groups is 1. The average Bonchev–Trinajstić information content (AvgIpc) is 3.10. The number of rotatable bonds is 4. The SMILES string of the molecule is Cc1noc(-c2ccc(C(=O)NCC3CCS(=O)(=O)C3)cc2)n1. The van der Waals surface area contributed by atoms with E-state index in [1.165, 1.54) is 0 Å². The van der Waals surface area contributed by atoms with Gasteiger partial charge in [-0.05, 0) is 43.5 Å². The molecule has 1 amide bonds. The van der Waals surface area contributed by atoms with Gasteiger partial charge in [0.15, 0.2) is 15.7 Å². The van der Waals surface area contributed by atoms with Gasteiger partial charge in [-0.25, -0.2) is 8.42 Å². The van der Waals surface area contributed by atoms with E-state index < -0.39 is 9.84 Å². The van der Waals surface area contributed by atoms with E-state index in [0.29, 0.717) is 30.2 Å². The quantitative estimate of drug-likeness (QED) is 0.901. The second-order valence-corrected chi connectivity index (χ2v) is 7.93. The van der Waals surface area contributed by atoms with Crippen molar-refractivity contribution in [2.45, 2.75) is 13.3 Å². The second-order valence-electron chi connectivity index (χ2n) is 5.70. The van der Waals surface area contributed by atoms with E-state index in [9.17, 15) is 13.2 Å². The van der Waals surface area contributed by atoms with Gasteiger partial charge < -0.3 is 9.84 Å². The minimum absolute atomic E-state index is 0.00425. The van der Waals surface area contributed by atoms with Gasteiger partial charge in [0.25, 0.3) is 11.8 Å². The van der Waals surface area contributed by atoms with Gasteiger partial charge >= 0.3 is 0 Å². The van der Waals surface area contributed by atoms with Gasteiger partial charge in [0.1, 0.15) is 0 Å². The summed E-state index contributed by atoms with van der Waals surface area (Å²) in [4.78, 5) is 16.2. The maximum Gasteiger partial charge on any atom is 0.257 e. The van der Waals surface area contributed by atoms with Crippen LogP contribution in [0.3, 0.4) is 0 Å². The van der Waals surface area contributed by atoms with Crippen LogP contribution in [0.25, 0.3) is 11.5 Å². The van der Waals surface area contributed by atoms with Crippen LogP contribution in [0.5, 0.6) is 0 Å². The molecule has 1 aliphatic rings. The van der Waals surface area contributed by atoms with Crippen LogP contribution in [0.15, 0.2) is 28.8 Å². The van der Waals surface area contributed by atoms with E-state index in [1.807, 2.05) is 0 Å². The first kappa shape index (κ1) is 15.7. The Labute approximate surface area is 134 Å². The second kappa shape index (κ2) is 6.11. The Morgan fingerprint density at radius 2 is 2.09 bits per heavy atom. The summed E-state index contributed by atoms with van der Waals surface area (Å²) in [5.41, 5.74) is 1.25. The Kier molecular flexibility index (Phi) is 4.16. The number of carbonyl (C=O) groups is 1. The molecule has 1 unspecified atom stereocenters. The summed E-state index contributed by atoms with van der Waals surface area (Å²) in [5.74, 6) is 1.11. The Bertz CT molecular complexity index is 812. The summed E-state index contributed by atoms with van der Waals surface area (Å²) < 4.78 is 27.9. The van der Waals surface area contributed by atoms with Crippen molar-refractivity contribution in [3.63, 3.8) is 0 Å². The number of nitrogens with zero attached hydrogens (tertiary/aromatic N) is 2. The van der Waals surface area contributed by atoms with Crippen molar-refractivity contribution in [3.8, 4) is 11.5 Å². The third kappa shape index (κ3) is 3.76. The molecule has 0 bridgehead atoms. The van der Waals surface area contributed by atoms with E-state index in [1.54, 1.807) is 31.2 Å². The summed E-state index contributed by atoms with van der Waals surface area (Å²) in [6, 6.07) is 6.83. The van der Waals surface area contributed by atoms with Gasteiger partial charge in [-0.15, -0.1) is 0 Å². The van der Waals surface area contributed by atoms with E-state index in [0.717, 1.165) is 5.56 Å². The van der Waals surface area contributed by atoms with Crippen molar-refractivity contribution >= 4 is 15.7 Å². The molecule has 2 aromatic rings. The van der Waals surface area contributed by atoms with Gasteiger partial charge in [-0.2, -0.15) is 4.98 Å². The van der Waals surface area contributed by atoms with Gasteiger partial charge in [0, 0.05) is 17.7 Å². The third-order valence-corrected chi connectivity index (χ3v) is 5.64. The maximum absolute atomic E-state index is 12.1. The Morgan fingerprint density at radius 3 is 2.65 bits per heavy atom. The summed E-state index contributed by atoms with van der Waals surface area (Å²) in [6.07, 6.45) is 0.609. The van der Waals surface area contributed by atoms with E-state index >= 15 is 0 Å². The lowest BCUT2D eigenvalue weighted by molar-refractivity contribution is 0.0948. The molecule has 0 radical (unpaired) electrons. The first-order valence-corrected chi connectivity index (χ1v) is 9.14. The standard InChI is InChI=1S/C15H17N3O4S/c1-10-17-15(22-18-10)13-4-2-12(3-5-13)14(19)16-8-11-6-7-23(20,21)9-11/h2-5,11H,6-9H2,1H3,(H,16,19). The predicted octanol–water partition coefficient (Wildman–Crippen LogP) is 1.21. The third-order valence-electron chi connectivity index (χ3n) is 3.80. The topological polar surface area (TPSA) is 102 Å². The molecular formula is C15H17N3O4S. The molecule has 0 aliphatic carbocycles. The maximum atomic E-state index is 12.1. The van der Waals surface area contributed by atoms with Crippen molar-refractivity contribution in [2.24, 2.45) is 5.92 Å². The highest BCUT2D eigenvalue weighted by molar-refractivity contribution is 7.91. The van der Waals surface area contributed by atoms with E-state index in [4.69, 9.17) is 4.52 Å². The Balaban J connectivity index is 1.60. The lowest BCUT2D eigenvalue weighted by Crippen LogP contribution is -2.29. The normalized spacial score (nSPS) is 19.6. The average molecular weight is 335 g/mol.